The maximum absolute atomic E-state index is 12.9. The smallest absolute Gasteiger partial charge is 0.338 e. The highest BCUT2D eigenvalue weighted by Crippen LogP contribution is 2.57. The van der Waals surface area contributed by atoms with Gasteiger partial charge in [-0.15, -0.1) is 0 Å². The molecule has 3 rings (SSSR count). The number of ether oxygens (including phenoxy) is 3. The molecule has 36 heavy (non-hydrogen) atoms. The third-order valence-corrected chi connectivity index (χ3v) is 6.44. The molecule has 0 radical (unpaired) electrons. The van der Waals surface area contributed by atoms with Crippen molar-refractivity contribution in [3.8, 4) is 0 Å². The Balaban J connectivity index is 1.67. The van der Waals surface area contributed by atoms with Crippen LogP contribution in [0.25, 0.3) is 0 Å². The van der Waals surface area contributed by atoms with Gasteiger partial charge in [-0.3, -0.25) is 4.79 Å². The Hall–Kier alpha value is -3.48. The Morgan fingerprint density at radius 3 is 1.22 bits per heavy atom. The molecule has 0 aliphatic heterocycles. The zero-order valence-electron chi connectivity index (χ0n) is 22.1. The summed E-state index contributed by atoms with van der Waals surface area (Å²) in [6.07, 6.45) is -1.02. The average Bonchev–Trinajstić information content (AvgIpc) is 2.79. The highest BCUT2D eigenvalue weighted by atomic mass is 16.6. The number of ketones is 1. The van der Waals surface area contributed by atoms with Crippen molar-refractivity contribution < 1.29 is 33.4 Å². The van der Waals surface area contributed by atoms with E-state index in [1.54, 1.807) is 45.0 Å². The average molecular weight is 495 g/mol. The molecule has 1 saturated carbocycles. The highest BCUT2D eigenvalue weighted by Gasteiger charge is 2.66. The van der Waals surface area contributed by atoms with Gasteiger partial charge in [0.15, 0.2) is 5.78 Å². The van der Waals surface area contributed by atoms with Crippen LogP contribution in [0.4, 0.5) is 0 Å². The van der Waals surface area contributed by atoms with E-state index in [1.165, 1.54) is 31.2 Å². The van der Waals surface area contributed by atoms with Crippen LogP contribution in [-0.2, 0) is 14.2 Å². The third kappa shape index (κ3) is 5.50. The van der Waals surface area contributed by atoms with Gasteiger partial charge >= 0.3 is 17.9 Å². The summed E-state index contributed by atoms with van der Waals surface area (Å²) in [5.74, 6) is -1.58. The molecule has 0 atom stereocenters. The predicted molar refractivity (Wildman–Crippen MR) is 134 cm³/mol. The quantitative estimate of drug-likeness (QED) is 0.290. The number of hydrogen-bond donors (Lipinski definition) is 0. The summed E-state index contributed by atoms with van der Waals surface area (Å²) in [6.45, 7) is 14.4. The SMILES string of the molecule is CC(=O)c1ccc(C(=O)OC2C(C)(C)C(OC(=O)c3ccc(C(=O)OC(C)(C)C)cc3)C2(C)C)cc1. The maximum Gasteiger partial charge on any atom is 0.338 e. The Morgan fingerprint density at radius 1 is 0.611 bits per heavy atom. The van der Waals surface area contributed by atoms with Crippen LogP contribution in [0.2, 0.25) is 0 Å². The lowest BCUT2D eigenvalue weighted by molar-refractivity contribution is -0.246. The summed E-state index contributed by atoms with van der Waals surface area (Å²) < 4.78 is 17.0. The highest BCUT2D eigenvalue weighted by molar-refractivity contribution is 5.96. The normalized spacial score (nSPS) is 20.0. The van der Waals surface area contributed by atoms with Gasteiger partial charge in [-0.2, -0.15) is 0 Å². The van der Waals surface area contributed by atoms with E-state index in [0.29, 0.717) is 22.3 Å². The molecule has 0 spiro atoms. The second kappa shape index (κ2) is 9.52. The molecule has 0 aromatic heterocycles. The molecule has 0 heterocycles. The fraction of sp³-hybridized carbons (Fsp3) is 0.448. The summed E-state index contributed by atoms with van der Waals surface area (Å²) >= 11 is 0. The van der Waals surface area contributed by atoms with Crippen molar-refractivity contribution in [2.45, 2.75) is 73.2 Å². The molecule has 0 bridgehead atoms. The van der Waals surface area contributed by atoms with Crippen molar-refractivity contribution >= 4 is 23.7 Å². The number of carbonyl (C=O) groups is 4. The van der Waals surface area contributed by atoms with E-state index in [4.69, 9.17) is 14.2 Å². The zero-order chi connectivity index (χ0) is 27.1. The van der Waals surface area contributed by atoms with Crippen molar-refractivity contribution in [2.75, 3.05) is 0 Å². The molecule has 7 heteroatoms. The van der Waals surface area contributed by atoms with E-state index in [0.717, 1.165) is 0 Å². The number of benzene rings is 2. The lowest BCUT2D eigenvalue weighted by Gasteiger charge is -2.61. The lowest BCUT2D eigenvalue weighted by atomic mass is 9.51. The minimum absolute atomic E-state index is 0.0830. The van der Waals surface area contributed by atoms with Gasteiger partial charge in [0.2, 0.25) is 0 Å². The van der Waals surface area contributed by atoms with Gasteiger partial charge < -0.3 is 14.2 Å². The molecule has 1 fully saturated rings. The number of Topliss-reactive ketones (excluding diaryl/α,β-unsaturated/α-hetero) is 1. The minimum Gasteiger partial charge on any atom is -0.457 e. The van der Waals surface area contributed by atoms with Crippen molar-refractivity contribution in [1.82, 2.24) is 0 Å². The van der Waals surface area contributed by atoms with Crippen LogP contribution in [0.3, 0.4) is 0 Å². The Bertz CT molecular complexity index is 1150. The standard InChI is InChI=1S/C29H34O7/c1-17(30)18-9-11-19(12-10-18)22(31)34-25-28(5,6)26(29(25,7)8)35-23(32)20-13-15-21(16-14-20)24(33)36-27(2,3)4/h9-16,25-26H,1-8H3. The molecule has 1 aliphatic rings. The molecule has 0 amide bonds. The van der Waals surface area contributed by atoms with Gasteiger partial charge in [-0.1, -0.05) is 39.8 Å². The van der Waals surface area contributed by atoms with Crippen molar-refractivity contribution in [2.24, 2.45) is 10.8 Å². The summed E-state index contributed by atoms with van der Waals surface area (Å²) in [7, 11) is 0. The van der Waals surface area contributed by atoms with Crippen LogP contribution >= 0.6 is 0 Å². The second-order valence-corrected chi connectivity index (χ2v) is 11.4. The Kier molecular flexibility index (Phi) is 7.17. The van der Waals surface area contributed by atoms with Gasteiger partial charge in [0.25, 0.3) is 0 Å². The minimum atomic E-state index is -0.634. The first-order valence-electron chi connectivity index (χ1n) is 11.9. The van der Waals surface area contributed by atoms with E-state index in [-0.39, 0.29) is 5.78 Å². The first-order chi connectivity index (χ1) is 16.5. The van der Waals surface area contributed by atoms with E-state index in [2.05, 4.69) is 0 Å². The van der Waals surface area contributed by atoms with Crippen molar-refractivity contribution in [3.63, 3.8) is 0 Å². The molecule has 192 valence electrons. The second-order valence-electron chi connectivity index (χ2n) is 11.4. The van der Waals surface area contributed by atoms with Crippen LogP contribution in [0.15, 0.2) is 48.5 Å². The first-order valence-corrected chi connectivity index (χ1v) is 11.9. The number of hydrogen-bond acceptors (Lipinski definition) is 7. The van der Waals surface area contributed by atoms with Gasteiger partial charge in [0, 0.05) is 16.4 Å². The van der Waals surface area contributed by atoms with E-state index < -0.39 is 46.5 Å². The Labute approximate surface area is 212 Å². The van der Waals surface area contributed by atoms with Gasteiger partial charge in [0.1, 0.15) is 17.8 Å². The van der Waals surface area contributed by atoms with Gasteiger partial charge in [-0.05, 0) is 64.1 Å². The molecule has 2 aromatic carbocycles. The maximum atomic E-state index is 12.9. The first kappa shape index (κ1) is 27.1. The van der Waals surface area contributed by atoms with Crippen molar-refractivity contribution in [3.05, 3.63) is 70.8 Å². The van der Waals surface area contributed by atoms with Gasteiger partial charge in [0.05, 0.1) is 16.7 Å². The molecule has 0 saturated heterocycles. The molecule has 2 aromatic rings. The largest absolute Gasteiger partial charge is 0.457 e. The predicted octanol–water partition coefficient (Wildman–Crippen LogP) is 5.66. The molecule has 1 aliphatic carbocycles. The zero-order valence-corrected chi connectivity index (χ0v) is 22.1. The Morgan fingerprint density at radius 2 is 0.917 bits per heavy atom. The topological polar surface area (TPSA) is 96.0 Å². The number of esters is 3. The summed E-state index contributed by atoms with van der Waals surface area (Å²) in [5, 5.41) is 0. The van der Waals surface area contributed by atoms with E-state index in [1.807, 2.05) is 27.7 Å². The number of rotatable bonds is 6. The summed E-state index contributed by atoms with van der Waals surface area (Å²) in [6, 6.07) is 12.4. The molecular weight excluding hydrogens is 460 g/mol. The van der Waals surface area contributed by atoms with E-state index >= 15 is 0 Å². The molecule has 7 nitrogen and oxygen atoms in total. The molecular formula is C29H34O7. The summed E-state index contributed by atoms with van der Waals surface area (Å²) in [5.41, 5.74) is -0.378. The van der Waals surface area contributed by atoms with Crippen LogP contribution in [-0.4, -0.2) is 41.5 Å². The fourth-order valence-corrected chi connectivity index (χ4v) is 4.97. The monoisotopic (exact) mass is 494 g/mol. The third-order valence-electron chi connectivity index (χ3n) is 6.44. The van der Waals surface area contributed by atoms with Crippen LogP contribution < -0.4 is 0 Å². The van der Waals surface area contributed by atoms with Crippen LogP contribution in [0.1, 0.15) is 96.8 Å². The summed E-state index contributed by atoms with van der Waals surface area (Å²) in [4.78, 5) is 49.4. The lowest BCUT2D eigenvalue weighted by Crippen LogP contribution is -2.69. The van der Waals surface area contributed by atoms with Crippen molar-refractivity contribution in [1.29, 1.82) is 0 Å². The number of carbonyl (C=O) groups excluding carboxylic acids is 4. The molecule has 0 unspecified atom stereocenters. The van der Waals surface area contributed by atoms with E-state index in [9.17, 15) is 19.2 Å². The van der Waals surface area contributed by atoms with Gasteiger partial charge in [-0.25, -0.2) is 14.4 Å². The fourth-order valence-electron chi connectivity index (χ4n) is 4.97. The van der Waals surface area contributed by atoms with Crippen LogP contribution in [0.5, 0.6) is 0 Å². The van der Waals surface area contributed by atoms with Crippen LogP contribution in [0, 0.1) is 10.8 Å². The molecule has 0 N–H and O–H groups in total.